The SMILES string of the molecule is COc1ccnc(N2CCN(Cc3ccc4n(c3=O)C[C@@H]3CNC[C@H]4C3)CC2)n1. The standard InChI is InChI=1S/C21H28N6O2/c1-29-19-4-5-23-21(24-19)26-8-6-25(7-9-26)14-16-2-3-18-17-10-15(11-22-12-17)13-27(18)20(16)28/h2-5,15,17,22H,6-14H2,1H3/t15-,17+/m0/s1. The minimum absolute atomic E-state index is 0.206. The molecule has 2 bridgehead atoms. The molecular formula is C21H28N6O2. The third-order valence-electron chi connectivity index (χ3n) is 6.46. The molecule has 0 radical (unpaired) electrons. The number of anilines is 1. The number of methoxy groups -OCH3 is 1. The van der Waals surface area contributed by atoms with Crippen molar-refractivity contribution in [2.45, 2.75) is 25.4 Å². The van der Waals surface area contributed by atoms with Crippen molar-refractivity contribution in [3.63, 3.8) is 0 Å². The second-order valence-electron chi connectivity index (χ2n) is 8.32. The Morgan fingerprint density at radius 1 is 1.17 bits per heavy atom. The van der Waals surface area contributed by atoms with Gasteiger partial charge in [0.05, 0.1) is 7.11 Å². The molecule has 0 aromatic carbocycles. The first-order chi connectivity index (χ1) is 14.2. The van der Waals surface area contributed by atoms with Crippen molar-refractivity contribution < 1.29 is 4.74 Å². The van der Waals surface area contributed by atoms with Crippen LogP contribution in [0.25, 0.3) is 0 Å². The van der Waals surface area contributed by atoms with Crippen LogP contribution in [0.1, 0.15) is 23.6 Å². The molecule has 0 spiro atoms. The number of piperazine rings is 1. The van der Waals surface area contributed by atoms with Crippen LogP contribution in [0.4, 0.5) is 5.95 Å². The number of hydrogen-bond acceptors (Lipinski definition) is 7. The van der Waals surface area contributed by atoms with E-state index in [0.717, 1.165) is 51.4 Å². The van der Waals surface area contributed by atoms with Crippen LogP contribution in [-0.2, 0) is 13.1 Å². The number of pyridine rings is 1. The van der Waals surface area contributed by atoms with Gasteiger partial charge in [0.25, 0.3) is 5.56 Å². The highest BCUT2D eigenvalue weighted by atomic mass is 16.5. The van der Waals surface area contributed by atoms with Gasteiger partial charge in [-0.3, -0.25) is 9.69 Å². The smallest absolute Gasteiger partial charge is 0.255 e. The average Bonchev–Trinajstić information content (AvgIpc) is 2.77. The molecule has 2 fully saturated rings. The third kappa shape index (κ3) is 3.62. The van der Waals surface area contributed by atoms with Crippen molar-refractivity contribution in [3.05, 3.63) is 46.0 Å². The Hall–Kier alpha value is -2.45. The summed E-state index contributed by atoms with van der Waals surface area (Å²) in [6.45, 7) is 7.04. The van der Waals surface area contributed by atoms with E-state index in [4.69, 9.17) is 4.74 Å². The highest BCUT2D eigenvalue weighted by Crippen LogP contribution is 2.31. The van der Waals surface area contributed by atoms with Crippen LogP contribution in [0.5, 0.6) is 5.88 Å². The van der Waals surface area contributed by atoms with Gasteiger partial charge in [0.2, 0.25) is 11.8 Å². The lowest BCUT2D eigenvalue weighted by molar-refractivity contribution is 0.240. The molecule has 0 amide bonds. The molecule has 2 aromatic heterocycles. The van der Waals surface area contributed by atoms with E-state index in [9.17, 15) is 4.79 Å². The molecule has 5 rings (SSSR count). The van der Waals surface area contributed by atoms with Gasteiger partial charge < -0.3 is 19.5 Å². The van der Waals surface area contributed by atoms with E-state index in [1.807, 2.05) is 0 Å². The molecule has 0 saturated carbocycles. The van der Waals surface area contributed by atoms with E-state index in [-0.39, 0.29) is 5.56 Å². The van der Waals surface area contributed by atoms with Gasteiger partial charge in [-0.2, -0.15) is 4.98 Å². The van der Waals surface area contributed by atoms with Gasteiger partial charge in [-0.05, 0) is 24.9 Å². The van der Waals surface area contributed by atoms with Gasteiger partial charge in [0.15, 0.2) is 0 Å². The number of fused-ring (bicyclic) bond motifs is 4. The summed E-state index contributed by atoms with van der Waals surface area (Å²) < 4.78 is 7.25. The summed E-state index contributed by atoms with van der Waals surface area (Å²) in [5, 5.41) is 3.51. The van der Waals surface area contributed by atoms with Crippen LogP contribution in [0.3, 0.4) is 0 Å². The summed E-state index contributed by atoms with van der Waals surface area (Å²) in [7, 11) is 1.62. The normalized spacial score (nSPS) is 24.2. The Labute approximate surface area is 170 Å². The molecule has 29 heavy (non-hydrogen) atoms. The van der Waals surface area contributed by atoms with E-state index in [1.54, 1.807) is 19.4 Å². The van der Waals surface area contributed by atoms with Crippen LogP contribution in [-0.4, -0.2) is 65.8 Å². The van der Waals surface area contributed by atoms with E-state index in [0.29, 0.717) is 30.2 Å². The lowest BCUT2D eigenvalue weighted by Gasteiger charge is -2.38. The number of rotatable bonds is 4. The lowest BCUT2D eigenvalue weighted by atomic mass is 9.84. The Morgan fingerprint density at radius 3 is 2.86 bits per heavy atom. The molecule has 154 valence electrons. The van der Waals surface area contributed by atoms with E-state index < -0.39 is 0 Å². The van der Waals surface area contributed by atoms with Gasteiger partial charge in [0, 0.05) is 75.3 Å². The molecule has 2 aromatic rings. The molecule has 2 saturated heterocycles. The Balaban J connectivity index is 1.26. The molecule has 3 aliphatic rings. The highest BCUT2D eigenvalue weighted by molar-refractivity contribution is 5.33. The second-order valence-corrected chi connectivity index (χ2v) is 8.32. The minimum atomic E-state index is 0.206. The van der Waals surface area contributed by atoms with Gasteiger partial charge in [0.1, 0.15) is 0 Å². The zero-order valence-electron chi connectivity index (χ0n) is 16.9. The summed E-state index contributed by atoms with van der Waals surface area (Å²) in [4.78, 5) is 26.5. The fraction of sp³-hybridized carbons (Fsp3) is 0.571. The monoisotopic (exact) mass is 396 g/mol. The Morgan fingerprint density at radius 2 is 2.03 bits per heavy atom. The number of nitrogens with one attached hydrogen (secondary N) is 1. The van der Waals surface area contributed by atoms with Gasteiger partial charge in [-0.15, -0.1) is 0 Å². The predicted octanol–water partition coefficient (Wildman–Crippen LogP) is 0.676. The molecule has 1 N–H and O–H groups in total. The van der Waals surface area contributed by atoms with Crippen LogP contribution in [0.2, 0.25) is 0 Å². The second kappa shape index (κ2) is 7.76. The number of aromatic nitrogens is 3. The first-order valence-corrected chi connectivity index (χ1v) is 10.5. The molecule has 3 aliphatic heterocycles. The van der Waals surface area contributed by atoms with Crippen molar-refractivity contribution in [1.29, 1.82) is 0 Å². The zero-order valence-corrected chi connectivity index (χ0v) is 16.9. The molecule has 5 heterocycles. The lowest BCUT2D eigenvalue weighted by Crippen LogP contribution is -2.48. The van der Waals surface area contributed by atoms with Crippen LogP contribution in [0.15, 0.2) is 29.2 Å². The molecular weight excluding hydrogens is 368 g/mol. The molecule has 0 aliphatic carbocycles. The topological polar surface area (TPSA) is 75.5 Å². The molecule has 8 heteroatoms. The maximum atomic E-state index is 13.1. The van der Waals surface area contributed by atoms with Crippen LogP contribution < -0.4 is 20.5 Å². The van der Waals surface area contributed by atoms with E-state index in [1.165, 1.54) is 12.1 Å². The first-order valence-electron chi connectivity index (χ1n) is 10.5. The summed E-state index contributed by atoms with van der Waals surface area (Å²) in [5.74, 6) is 2.36. The van der Waals surface area contributed by atoms with Gasteiger partial charge >= 0.3 is 0 Å². The minimum Gasteiger partial charge on any atom is -0.481 e. The first kappa shape index (κ1) is 18.6. The summed E-state index contributed by atoms with van der Waals surface area (Å²) in [5.41, 5.74) is 2.33. The average molecular weight is 396 g/mol. The van der Waals surface area contributed by atoms with E-state index >= 15 is 0 Å². The predicted molar refractivity (Wildman–Crippen MR) is 110 cm³/mol. The largest absolute Gasteiger partial charge is 0.481 e. The Bertz CT molecular complexity index is 937. The summed E-state index contributed by atoms with van der Waals surface area (Å²) in [6, 6.07) is 6.00. The fourth-order valence-electron chi connectivity index (χ4n) is 4.90. The summed E-state index contributed by atoms with van der Waals surface area (Å²) in [6.07, 6.45) is 2.94. The highest BCUT2D eigenvalue weighted by Gasteiger charge is 2.31. The third-order valence-corrected chi connectivity index (χ3v) is 6.46. The molecule has 2 atom stereocenters. The zero-order chi connectivity index (χ0) is 19.8. The Kier molecular flexibility index (Phi) is 4.97. The maximum absolute atomic E-state index is 13.1. The maximum Gasteiger partial charge on any atom is 0.255 e. The molecule has 0 unspecified atom stereocenters. The number of ether oxygens (including phenoxy) is 1. The van der Waals surface area contributed by atoms with Crippen LogP contribution >= 0.6 is 0 Å². The number of hydrogen-bond donors (Lipinski definition) is 1. The van der Waals surface area contributed by atoms with Crippen LogP contribution in [0, 0.1) is 5.92 Å². The van der Waals surface area contributed by atoms with Crippen molar-refractivity contribution in [1.82, 2.24) is 24.8 Å². The van der Waals surface area contributed by atoms with Crippen molar-refractivity contribution in [2.75, 3.05) is 51.3 Å². The quantitative estimate of drug-likeness (QED) is 0.814. The summed E-state index contributed by atoms with van der Waals surface area (Å²) >= 11 is 0. The van der Waals surface area contributed by atoms with Gasteiger partial charge in [-0.25, -0.2) is 4.98 Å². The van der Waals surface area contributed by atoms with Crippen molar-refractivity contribution >= 4 is 5.95 Å². The fourth-order valence-corrected chi connectivity index (χ4v) is 4.90. The van der Waals surface area contributed by atoms with Crippen molar-refractivity contribution in [2.24, 2.45) is 5.92 Å². The van der Waals surface area contributed by atoms with E-state index in [2.05, 4.69) is 41.8 Å². The molecule has 8 nitrogen and oxygen atoms in total. The van der Waals surface area contributed by atoms with Gasteiger partial charge in [-0.1, -0.05) is 6.07 Å². The number of piperidine rings is 1. The number of nitrogens with zero attached hydrogens (tertiary/aromatic N) is 5. The van der Waals surface area contributed by atoms with Crippen molar-refractivity contribution in [3.8, 4) is 5.88 Å².